The number of hydrogen-bond acceptors (Lipinski definition) is 5. The summed E-state index contributed by atoms with van der Waals surface area (Å²) in [5, 5.41) is 4.75. The fourth-order valence-corrected chi connectivity index (χ4v) is 3.12. The largest absolute Gasteiger partial charge is 0.353 e. The Balaban J connectivity index is 1.51. The number of carbonyl (C=O) groups is 1. The van der Waals surface area contributed by atoms with E-state index in [4.69, 9.17) is 11.6 Å². The Labute approximate surface area is 146 Å². The minimum Gasteiger partial charge on any atom is -0.353 e. The number of amides is 1. The molecule has 1 fully saturated rings. The maximum absolute atomic E-state index is 12.4. The average Bonchev–Trinajstić information content (AvgIpc) is 2.90. The van der Waals surface area contributed by atoms with Gasteiger partial charge in [-0.05, 0) is 18.9 Å². The molecule has 0 aliphatic carbocycles. The van der Waals surface area contributed by atoms with Gasteiger partial charge < -0.3 is 9.80 Å². The normalized spacial score (nSPS) is 15.0. The Morgan fingerprint density at radius 3 is 2.62 bits per heavy atom. The van der Waals surface area contributed by atoms with Crippen LogP contribution in [-0.4, -0.2) is 56.7 Å². The van der Waals surface area contributed by atoms with Crippen LogP contribution < -0.4 is 4.90 Å². The molecule has 0 atom stereocenters. The van der Waals surface area contributed by atoms with E-state index in [0.717, 1.165) is 36.6 Å². The molecule has 0 aromatic carbocycles. The van der Waals surface area contributed by atoms with Crippen LogP contribution in [-0.2, 0) is 18.3 Å². The van der Waals surface area contributed by atoms with Crippen molar-refractivity contribution in [3.8, 4) is 0 Å². The van der Waals surface area contributed by atoms with Crippen molar-refractivity contribution in [1.82, 2.24) is 24.6 Å². The first kappa shape index (κ1) is 16.7. The third-order valence-corrected chi connectivity index (χ3v) is 4.51. The summed E-state index contributed by atoms with van der Waals surface area (Å²) in [4.78, 5) is 24.6. The van der Waals surface area contributed by atoms with Crippen LogP contribution in [0.3, 0.4) is 0 Å². The van der Waals surface area contributed by atoms with Crippen molar-refractivity contribution in [3.63, 3.8) is 0 Å². The summed E-state index contributed by atoms with van der Waals surface area (Å²) in [7, 11) is 1.90. The van der Waals surface area contributed by atoms with Crippen LogP contribution in [0.5, 0.6) is 0 Å². The molecule has 7 nitrogen and oxygen atoms in total. The minimum absolute atomic E-state index is 0.193. The highest BCUT2D eigenvalue weighted by atomic mass is 35.5. The van der Waals surface area contributed by atoms with Crippen LogP contribution in [0.15, 0.2) is 18.6 Å². The molecule has 1 aliphatic rings. The summed E-state index contributed by atoms with van der Waals surface area (Å²) in [6.45, 7) is 4.89. The average molecular weight is 349 g/mol. The highest BCUT2D eigenvalue weighted by molar-refractivity contribution is 6.29. The van der Waals surface area contributed by atoms with E-state index in [1.54, 1.807) is 10.7 Å². The van der Waals surface area contributed by atoms with Gasteiger partial charge in [-0.15, -0.1) is 0 Å². The number of aryl methyl sites for hydroxylation is 3. The second-order valence-electron chi connectivity index (χ2n) is 5.98. The van der Waals surface area contributed by atoms with Crippen LogP contribution >= 0.6 is 11.6 Å². The number of carbonyl (C=O) groups excluding carboxylic acids is 1. The Bertz CT molecular complexity index is 723. The molecule has 8 heteroatoms. The van der Waals surface area contributed by atoms with Crippen molar-refractivity contribution in [2.45, 2.75) is 19.8 Å². The van der Waals surface area contributed by atoms with Crippen LogP contribution in [0.2, 0.25) is 5.15 Å². The van der Waals surface area contributed by atoms with Crippen molar-refractivity contribution in [3.05, 3.63) is 35.0 Å². The van der Waals surface area contributed by atoms with E-state index in [1.165, 1.54) is 6.33 Å². The van der Waals surface area contributed by atoms with Gasteiger partial charge in [0, 0.05) is 51.9 Å². The molecular formula is C16H21ClN6O. The van der Waals surface area contributed by atoms with Gasteiger partial charge in [-0.1, -0.05) is 11.6 Å². The van der Waals surface area contributed by atoms with Gasteiger partial charge in [-0.25, -0.2) is 9.97 Å². The molecule has 0 spiro atoms. The maximum atomic E-state index is 12.4. The molecule has 1 saturated heterocycles. The van der Waals surface area contributed by atoms with Crippen molar-refractivity contribution in [2.75, 3.05) is 31.1 Å². The molecule has 3 rings (SSSR count). The highest BCUT2D eigenvalue weighted by Gasteiger charge is 2.22. The van der Waals surface area contributed by atoms with Crippen molar-refractivity contribution in [1.29, 1.82) is 0 Å². The van der Waals surface area contributed by atoms with E-state index in [-0.39, 0.29) is 5.91 Å². The number of hydrogen-bond donors (Lipinski definition) is 0. The standard InChI is InChI=1S/C16H21ClN6O/c1-12-13(10-21(2)20-12)3-4-16(24)23-7-5-22(6-8-23)15-9-14(17)18-11-19-15/h9-11H,3-8H2,1-2H3. The Morgan fingerprint density at radius 1 is 1.25 bits per heavy atom. The SMILES string of the molecule is Cc1nn(C)cc1CCC(=O)N1CCN(c2cc(Cl)ncn2)CC1. The first-order valence-electron chi connectivity index (χ1n) is 8.02. The lowest BCUT2D eigenvalue weighted by molar-refractivity contribution is -0.131. The summed E-state index contributed by atoms with van der Waals surface area (Å²) in [6, 6.07) is 1.75. The van der Waals surface area contributed by atoms with Crippen LogP contribution in [0.1, 0.15) is 17.7 Å². The number of halogens is 1. The maximum Gasteiger partial charge on any atom is 0.223 e. The third-order valence-electron chi connectivity index (χ3n) is 4.30. The molecule has 0 saturated carbocycles. The summed E-state index contributed by atoms with van der Waals surface area (Å²) in [6.07, 6.45) is 4.71. The molecule has 128 valence electrons. The fraction of sp³-hybridized carbons (Fsp3) is 0.500. The molecule has 0 radical (unpaired) electrons. The molecule has 1 aliphatic heterocycles. The topological polar surface area (TPSA) is 67.2 Å². The lowest BCUT2D eigenvalue weighted by Crippen LogP contribution is -2.49. The summed E-state index contributed by atoms with van der Waals surface area (Å²) >= 11 is 5.91. The zero-order chi connectivity index (χ0) is 17.1. The van der Waals surface area contributed by atoms with Crippen LogP contribution in [0.4, 0.5) is 5.82 Å². The smallest absolute Gasteiger partial charge is 0.223 e. The van der Waals surface area contributed by atoms with Gasteiger partial charge in [0.2, 0.25) is 5.91 Å². The Kier molecular flexibility index (Phi) is 4.99. The molecule has 0 unspecified atom stereocenters. The number of rotatable bonds is 4. The zero-order valence-electron chi connectivity index (χ0n) is 13.9. The molecule has 0 bridgehead atoms. The molecule has 2 aromatic rings. The minimum atomic E-state index is 0.193. The molecule has 24 heavy (non-hydrogen) atoms. The van der Waals surface area contributed by atoms with E-state index in [1.807, 2.05) is 25.1 Å². The molecule has 3 heterocycles. The van der Waals surface area contributed by atoms with Gasteiger partial charge in [0.15, 0.2) is 0 Å². The van der Waals surface area contributed by atoms with Gasteiger partial charge in [-0.2, -0.15) is 5.10 Å². The highest BCUT2D eigenvalue weighted by Crippen LogP contribution is 2.17. The number of piperazine rings is 1. The number of aromatic nitrogens is 4. The van der Waals surface area contributed by atoms with Gasteiger partial charge in [0.05, 0.1) is 5.69 Å². The lowest BCUT2D eigenvalue weighted by Gasteiger charge is -2.35. The van der Waals surface area contributed by atoms with E-state index >= 15 is 0 Å². The van der Waals surface area contributed by atoms with Crippen molar-refractivity contribution in [2.24, 2.45) is 7.05 Å². The molecule has 2 aromatic heterocycles. The second-order valence-corrected chi connectivity index (χ2v) is 6.37. The van der Waals surface area contributed by atoms with Gasteiger partial charge in [0.25, 0.3) is 0 Å². The summed E-state index contributed by atoms with van der Waals surface area (Å²) < 4.78 is 1.79. The fourth-order valence-electron chi connectivity index (χ4n) is 2.98. The van der Waals surface area contributed by atoms with E-state index in [2.05, 4.69) is 20.0 Å². The van der Waals surface area contributed by atoms with Crippen LogP contribution in [0, 0.1) is 6.92 Å². The lowest BCUT2D eigenvalue weighted by atomic mass is 10.1. The van der Waals surface area contributed by atoms with Crippen molar-refractivity contribution < 1.29 is 4.79 Å². The predicted octanol–water partition coefficient (Wildman–Crippen LogP) is 1.45. The molecule has 1 amide bonds. The van der Waals surface area contributed by atoms with Crippen LogP contribution in [0.25, 0.3) is 0 Å². The quantitative estimate of drug-likeness (QED) is 0.782. The third kappa shape index (κ3) is 3.84. The van der Waals surface area contributed by atoms with E-state index < -0.39 is 0 Å². The first-order valence-corrected chi connectivity index (χ1v) is 8.40. The molecular weight excluding hydrogens is 328 g/mol. The summed E-state index contributed by atoms with van der Waals surface area (Å²) in [5.74, 6) is 1.01. The van der Waals surface area contributed by atoms with Crippen molar-refractivity contribution >= 4 is 23.3 Å². The van der Waals surface area contributed by atoms with Gasteiger partial charge >= 0.3 is 0 Å². The second kappa shape index (κ2) is 7.17. The number of nitrogens with zero attached hydrogens (tertiary/aromatic N) is 6. The van der Waals surface area contributed by atoms with E-state index in [0.29, 0.717) is 24.7 Å². The van der Waals surface area contributed by atoms with Gasteiger partial charge in [-0.3, -0.25) is 9.48 Å². The summed E-state index contributed by atoms with van der Waals surface area (Å²) in [5.41, 5.74) is 2.14. The van der Waals surface area contributed by atoms with Gasteiger partial charge in [0.1, 0.15) is 17.3 Å². The first-order chi connectivity index (χ1) is 11.5. The Morgan fingerprint density at radius 2 is 2.00 bits per heavy atom. The zero-order valence-corrected chi connectivity index (χ0v) is 14.7. The monoisotopic (exact) mass is 348 g/mol. The molecule has 0 N–H and O–H groups in total. The Hall–Kier alpha value is -2.15. The predicted molar refractivity (Wildman–Crippen MR) is 92.1 cm³/mol. The van der Waals surface area contributed by atoms with E-state index in [9.17, 15) is 4.79 Å². The number of anilines is 1.